The van der Waals surface area contributed by atoms with Crippen LogP contribution >= 0.6 is 0 Å². The normalized spacial score (nSPS) is 16.9. The zero-order valence-corrected chi connectivity index (χ0v) is 12.7. The van der Waals surface area contributed by atoms with E-state index in [1.807, 2.05) is 4.90 Å². The third kappa shape index (κ3) is 2.95. The number of hydrogen-bond donors (Lipinski definition) is 1. The molecule has 20 heavy (non-hydrogen) atoms. The Balaban J connectivity index is 1.97. The SMILES string of the molecule is CCN(CC)C1CCN(C(=O)c2nn(C)cc2N)CC1. The number of hydrogen-bond acceptors (Lipinski definition) is 4. The van der Waals surface area contributed by atoms with Gasteiger partial charge in [0.25, 0.3) is 5.91 Å². The van der Waals surface area contributed by atoms with E-state index in [9.17, 15) is 4.79 Å². The summed E-state index contributed by atoms with van der Waals surface area (Å²) in [4.78, 5) is 16.7. The topological polar surface area (TPSA) is 67.4 Å². The fraction of sp³-hybridized carbons (Fsp3) is 0.714. The van der Waals surface area contributed by atoms with Crippen LogP contribution in [0.25, 0.3) is 0 Å². The molecule has 0 saturated carbocycles. The van der Waals surface area contributed by atoms with Gasteiger partial charge in [-0.25, -0.2) is 0 Å². The third-order valence-electron chi connectivity index (χ3n) is 4.14. The number of piperidine rings is 1. The second kappa shape index (κ2) is 6.26. The summed E-state index contributed by atoms with van der Waals surface area (Å²) in [5, 5.41) is 4.16. The molecule has 0 atom stereocenters. The lowest BCUT2D eigenvalue weighted by molar-refractivity contribution is 0.0626. The molecule has 1 saturated heterocycles. The molecule has 0 radical (unpaired) electrons. The number of aryl methyl sites for hydroxylation is 1. The average molecular weight is 279 g/mol. The Morgan fingerprint density at radius 1 is 1.40 bits per heavy atom. The maximum absolute atomic E-state index is 12.4. The van der Waals surface area contributed by atoms with Gasteiger partial charge in [0.1, 0.15) is 0 Å². The van der Waals surface area contributed by atoms with Crippen LogP contribution in [0, 0.1) is 0 Å². The summed E-state index contributed by atoms with van der Waals surface area (Å²) < 4.78 is 1.59. The largest absolute Gasteiger partial charge is 0.396 e. The highest BCUT2D eigenvalue weighted by molar-refractivity contribution is 5.97. The lowest BCUT2D eigenvalue weighted by Gasteiger charge is -2.37. The summed E-state index contributed by atoms with van der Waals surface area (Å²) >= 11 is 0. The predicted molar refractivity (Wildman–Crippen MR) is 79.5 cm³/mol. The Bertz CT molecular complexity index is 458. The highest BCUT2D eigenvalue weighted by Gasteiger charge is 2.28. The first-order valence-electron chi connectivity index (χ1n) is 7.39. The van der Waals surface area contributed by atoms with Gasteiger partial charge in [0.2, 0.25) is 0 Å². The highest BCUT2D eigenvalue weighted by atomic mass is 16.2. The summed E-state index contributed by atoms with van der Waals surface area (Å²) in [6, 6.07) is 0.593. The van der Waals surface area contributed by atoms with Gasteiger partial charge in [0.05, 0.1) is 5.69 Å². The predicted octanol–water partition coefficient (Wildman–Crippen LogP) is 0.949. The molecule has 0 unspecified atom stereocenters. The first-order valence-corrected chi connectivity index (χ1v) is 7.39. The minimum absolute atomic E-state index is 0.0407. The molecule has 0 aromatic carbocycles. The smallest absolute Gasteiger partial charge is 0.276 e. The molecular formula is C14H25N5O. The van der Waals surface area contributed by atoms with Crippen molar-refractivity contribution in [1.82, 2.24) is 19.6 Å². The molecule has 0 spiro atoms. The molecule has 6 nitrogen and oxygen atoms in total. The fourth-order valence-corrected chi connectivity index (χ4v) is 3.00. The van der Waals surface area contributed by atoms with E-state index in [1.54, 1.807) is 17.9 Å². The Hall–Kier alpha value is -1.56. The summed E-state index contributed by atoms with van der Waals surface area (Å²) in [6.45, 7) is 8.10. The maximum atomic E-state index is 12.4. The van der Waals surface area contributed by atoms with Crippen molar-refractivity contribution >= 4 is 11.6 Å². The number of nitrogens with two attached hydrogens (primary N) is 1. The van der Waals surface area contributed by atoms with Crippen molar-refractivity contribution in [3.63, 3.8) is 0 Å². The lowest BCUT2D eigenvalue weighted by Crippen LogP contribution is -2.46. The van der Waals surface area contributed by atoms with E-state index in [4.69, 9.17) is 5.73 Å². The van der Waals surface area contributed by atoms with Gasteiger partial charge in [-0.1, -0.05) is 13.8 Å². The minimum atomic E-state index is -0.0407. The first-order chi connectivity index (χ1) is 9.56. The van der Waals surface area contributed by atoms with Crippen LogP contribution in [0.15, 0.2) is 6.20 Å². The second-order valence-electron chi connectivity index (χ2n) is 5.35. The number of carbonyl (C=O) groups is 1. The molecule has 6 heteroatoms. The molecule has 1 aliphatic rings. The van der Waals surface area contributed by atoms with Gasteiger partial charge in [0.15, 0.2) is 5.69 Å². The van der Waals surface area contributed by atoms with E-state index in [0.29, 0.717) is 17.4 Å². The van der Waals surface area contributed by atoms with Gasteiger partial charge in [0, 0.05) is 32.4 Å². The van der Waals surface area contributed by atoms with Crippen LogP contribution in [0.5, 0.6) is 0 Å². The van der Waals surface area contributed by atoms with E-state index < -0.39 is 0 Å². The molecule has 0 bridgehead atoms. The second-order valence-corrected chi connectivity index (χ2v) is 5.35. The molecular weight excluding hydrogens is 254 g/mol. The number of rotatable bonds is 4. The van der Waals surface area contributed by atoms with Crippen molar-refractivity contribution in [3.05, 3.63) is 11.9 Å². The molecule has 1 aliphatic heterocycles. The number of nitrogens with zero attached hydrogens (tertiary/aromatic N) is 4. The van der Waals surface area contributed by atoms with Crippen LogP contribution in [0.4, 0.5) is 5.69 Å². The molecule has 1 aromatic rings. The number of anilines is 1. The standard InChI is InChI=1S/C14H25N5O/c1-4-18(5-2)11-6-8-19(9-7-11)14(20)13-12(15)10-17(3)16-13/h10-11H,4-9,15H2,1-3H3. The zero-order valence-electron chi connectivity index (χ0n) is 12.7. The Kier molecular flexibility index (Phi) is 4.65. The molecule has 112 valence electrons. The molecule has 2 rings (SSSR count). The molecule has 1 amide bonds. The molecule has 1 aromatic heterocycles. The molecule has 1 fully saturated rings. The van der Waals surface area contributed by atoms with Crippen LogP contribution in [-0.2, 0) is 7.05 Å². The van der Waals surface area contributed by atoms with E-state index in [-0.39, 0.29) is 5.91 Å². The number of likely N-dealkylation sites (tertiary alicyclic amines) is 1. The maximum Gasteiger partial charge on any atom is 0.276 e. The van der Waals surface area contributed by atoms with E-state index in [0.717, 1.165) is 39.0 Å². The van der Waals surface area contributed by atoms with E-state index in [1.165, 1.54) is 0 Å². The monoisotopic (exact) mass is 279 g/mol. The summed E-state index contributed by atoms with van der Waals surface area (Å²) in [5.41, 5.74) is 6.67. The van der Waals surface area contributed by atoms with Gasteiger partial charge in [-0.2, -0.15) is 5.10 Å². The molecule has 2 heterocycles. The summed E-state index contributed by atoms with van der Waals surface area (Å²) in [6.07, 6.45) is 3.73. The Morgan fingerprint density at radius 3 is 2.45 bits per heavy atom. The average Bonchev–Trinajstić information content (AvgIpc) is 2.79. The highest BCUT2D eigenvalue weighted by Crippen LogP contribution is 2.19. The molecule has 0 aliphatic carbocycles. The van der Waals surface area contributed by atoms with Crippen molar-refractivity contribution in [2.24, 2.45) is 7.05 Å². The van der Waals surface area contributed by atoms with Crippen LogP contribution in [-0.4, -0.2) is 57.7 Å². The molecule has 2 N–H and O–H groups in total. The van der Waals surface area contributed by atoms with Crippen molar-refractivity contribution in [3.8, 4) is 0 Å². The van der Waals surface area contributed by atoms with Crippen molar-refractivity contribution in [2.45, 2.75) is 32.7 Å². The zero-order chi connectivity index (χ0) is 14.7. The quantitative estimate of drug-likeness (QED) is 0.891. The van der Waals surface area contributed by atoms with E-state index >= 15 is 0 Å². The fourth-order valence-electron chi connectivity index (χ4n) is 3.00. The van der Waals surface area contributed by atoms with E-state index in [2.05, 4.69) is 23.8 Å². The van der Waals surface area contributed by atoms with Crippen LogP contribution in [0.1, 0.15) is 37.2 Å². The van der Waals surface area contributed by atoms with Crippen LogP contribution in [0.2, 0.25) is 0 Å². The van der Waals surface area contributed by atoms with Gasteiger partial charge in [-0.3, -0.25) is 9.48 Å². The van der Waals surface area contributed by atoms with Crippen molar-refractivity contribution in [2.75, 3.05) is 31.9 Å². The van der Waals surface area contributed by atoms with Gasteiger partial charge < -0.3 is 15.5 Å². The van der Waals surface area contributed by atoms with Crippen molar-refractivity contribution in [1.29, 1.82) is 0 Å². The summed E-state index contributed by atoms with van der Waals surface area (Å²) in [5.74, 6) is -0.0407. The number of aromatic nitrogens is 2. The Labute approximate surface area is 120 Å². The van der Waals surface area contributed by atoms with Crippen molar-refractivity contribution < 1.29 is 4.79 Å². The van der Waals surface area contributed by atoms with Crippen LogP contribution in [0.3, 0.4) is 0 Å². The van der Waals surface area contributed by atoms with Crippen LogP contribution < -0.4 is 5.73 Å². The van der Waals surface area contributed by atoms with Gasteiger partial charge >= 0.3 is 0 Å². The van der Waals surface area contributed by atoms with Gasteiger partial charge in [-0.15, -0.1) is 0 Å². The first kappa shape index (κ1) is 14.8. The third-order valence-corrected chi connectivity index (χ3v) is 4.14. The Morgan fingerprint density at radius 2 is 2.00 bits per heavy atom. The van der Waals surface area contributed by atoms with Gasteiger partial charge in [-0.05, 0) is 25.9 Å². The number of nitrogen functional groups attached to an aromatic ring is 1. The number of carbonyl (C=O) groups excluding carboxylic acids is 1. The summed E-state index contributed by atoms with van der Waals surface area (Å²) in [7, 11) is 1.78. The lowest BCUT2D eigenvalue weighted by atomic mass is 10.0. The minimum Gasteiger partial charge on any atom is -0.396 e. The number of amides is 1.